The van der Waals surface area contributed by atoms with E-state index in [0.717, 1.165) is 12.1 Å². The highest BCUT2D eigenvalue weighted by atomic mass is 19.1. The number of urea groups is 1. The van der Waals surface area contributed by atoms with Gasteiger partial charge in [-0.1, -0.05) is 0 Å². The molecule has 7 nitrogen and oxygen atoms in total. The monoisotopic (exact) mass is 371 g/mol. The van der Waals surface area contributed by atoms with Gasteiger partial charge in [-0.3, -0.25) is 0 Å². The fourth-order valence-electron chi connectivity index (χ4n) is 2.58. The number of benzene rings is 1. The number of carbonyl (C=O) groups is 2. The smallest absolute Gasteiger partial charge is 0.409 e. The molecule has 9 heteroatoms. The number of likely N-dealkylation sites (tertiary alicyclic amines) is 1. The minimum Gasteiger partial charge on any atom is -0.489 e. The van der Waals surface area contributed by atoms with E-state index in [1.165, 1.54) is 6.07 Å². The van der Waals surface area contributed by atoms with Gasteiger partial charge in [-0.25, -0.2) is 18.4 Å². The third-order valence-electron chi connectivity index (χ3n) is 3.90. The Morgan fingerprint density at radius 3 is 2.65 bits per heavy atom. The molecule has 0 aliphatic carbocycles. The normalized spacial score (nSPS) is 14.7. The number of ether oxygens (including phenoxy) is 2. The lowest BCUT2D eigenvalue weighted by Gasteiger charge is -2.31. The molecule has 0 bridgehead atoms. The molecule has 1 aromatic carbocycles. The molecule has 1 aliphatic heterocycles. The van der Waals surface area contributed by atoms with Gasteiger partial charge in [0, 0.05) is 25.2 Å². The van der Waals surface area contributed by atoms with E-state index < -0.39 is 11.6 Å². The zero-order valence-corrected chi connectivity index (χ0v) is 14.6. The molecule has 0 radical (unpaired) electrons. The van der Waals surface area contributed by atoms with Crippen LogP contribution < -0.4 is 15.4 Å². The Hall–Kier alpha value is -2.58. The Morgan fingerprint density at radius 2 is 2.00 bits per heavy atom. The fourth-order valence-corrected chi connectivity index (χ4v) is 2.58. The number of piperidine rings is 1. The summed E-state index contributed by atoms with van der Waals surface area (Å²) in [6, 6.07) is 2.64. The lowest BCUT2D eigenvalue weighted by atomic mass is 10.1. The summed E-state index contributed by atoms with van der Waals surface area (Å²) < 4.78 is 36.3. The van der Waals surface area contributed by atoms with E-state index in [9.17, 15) is 18.4 Å². The van der Waals surface area contributed by atoms with Crippen LogP contribution in [0.3, 0.4) is 0 Å². The summed E-state index contributed by atoms with van der Waals surface area (Å²) in [4.78, 5) is 25.1. The number of hydrogen-bond donors (Lipinski definition) is 2. The molecule has 3 amide bonds. The number of nitrogens with zero attached hydrogens (tertiary/aromatic N) is 1. The zero-order valence-electron chi connectivity index (χ0n) is 14.6. The van der Waals surface area contributed by atoms with Gasteiger partial charge in [0.2, 0.25) is 0 Å². The highest BCUT2D eigenvalue weighted by Gasteiger charge is 2.24. The Morgan fingerprint density at radius 1 is 1.27 bits per heavy atom. The van der Waals surface area contributed by atoms with Gasteiger partial charge in [0.1, 0.15) is 12.4 Å². The fraction of sp³-hybridized carbons (Fsp3) is 0.529. The second-order valence-electron chi connectivity index (χ2n) is 5.78. The molecule has 0 aromatic heterocycles. The van der Waals surface area contributed by atoms with Crippen LogP contribution in [0, 0.1) is 11.6 Å². The largest absolute Gasteiger partial charge is 0.489 e. The van der Waals surface area contributed by atoms with Crippen molar-refractivity contribution in [2.75, 3.05) is 32.8 Å². The van der Waals surface area contributed by atoms with E-state index in [0.29, 0.717) is 32.5 Å². The first-order valence-electron chi connectivity index (χ1n) is 8.53. The van der Waals surface area contributed by atoms with Gasteiger partial charge < -0.3 is 25.0 Å². The summed E-state index contributed by atoms with van der Waals surface area (Å²) in [5.41, 5.74) is 0. The van der Waals surface area contributed by atoms with Crippen molar-refractivity contribution in [3.63, 3.8) is 0 Å². The van der Waals surface area contributed by atoms with Crippen molar-refractivity contribution in [1.82, 2.24) is 15.5 Å². The summed E-state index contributed by atoms with van der Waals surface area (Å²) >= 11 is 0. The van der Waals surface area contributed by atoms with Crippen molar-refractivity contribution in [3.05, 3.63) is 29.8 Å². The lowest BCUT2D eigenvalue weighted by molar-refractivity contribution is 0.0957. The van der Waals surface area contributed by atoms with Crippen LogP contribution in [-0.2, 0) is 4.74 Å². The summed E-state index contributed by atoms with van der Waals surface area (Å²) in [5.74, 6) is -1.54. The first-order chi connectivity index (χ1) is 12.5. The Bertz CT molecular complexity index is 622. The molecule has 26 heavy (non-hydrogen) atoms. The number of carbonyl (C=O) groups excluding carboxylic acids is 2. The van der Waals surface area contributed by atoms with Crippen molar-refractivity contribution in [2.24, 2.45) is 0 Å². The van der Waals surface area contributed by atoms with Crippen LogP contribution in [-0.4, -0.2) is 55.9 Å². The van der Waals surface area contributed by atoms with Crippen LogP contribution in [0.2, 0.25) is 0 Å². The average Bonchev–Trinajstić information content (AvgIpc) is 2.61. The van der Waals surface area contributed by atoms with Crippen molar-refractivity contribution in [3.8, 4) is 5.75 Å². The highest BCUT2D eigenvalue weighted by Crippen LogP contribution is 2.17. The standard InChI is InChI=1S/C17H23F2N3O4/c1-2-25-17(24)22-8-5-13(6-9-22)21-16(23)20-7-10-26-15-4-3-12(18)11-14(15)19/h3-4,11,13H,2,5-10H2,1H3,(H2,20,21,23). The molecule has 1 fully saturated rings. The Labute approximate surface area is 150 Å². The van der Waals surface area contributed by atoms with Gasteiger partial charge in [0.05, 0.1) is 13.2 Å². The van der Waals surface area contributed by atoms with Crippen LogP contribution in [0.4, 0.5) is 18.4 Å². The Balaban J connectivity index is 1.61. The molecule has 0 unspecified atom stereocenters. The van der Waals surface area contributed by atoms with E-state index >= 15 is 0 Å². The molecule has 2 N–H and O–H groups in total. The van der Waals surface area contributed by atoms with Gasteiger partial charge in [-0.2, -0.15) is 0 Å². The molecule has 1 aliphatic rings. The Kier molecular flexibility index (Phi) is 7.43. The van der Waals surface area contributed by atoms with Crippen molar-refractivity contribution in [2.45, 2.75) is 25.8 Å². The molecular weight excluding hydrogens is 348 g/mol. The van der Waals surface area contributed by atoms with Crippen molar-refractivity contribution < 1.29 is 27.8 Å². The predicted molar refractivity (Wildman–Crippen MR) is 90.0 cm³/mol. The maximum Gasteiger partial charge on any atom is 0.409 e. The topological polar surface area (TPSA) is 79.9 Å². The summed E-state index contributed by atoms with van der Waals surface area (Å²) in [6.45, 7) is 3.36. The summed E-state index contributed by atoms with van der Waals surface area (Å²) in [7, 11) is 0. The second-order valence-corrected chi connectivity index (χ2v) is 5.78. The summed E-state index contributed by atoms with van der Waals surface area (Å²) in [6.07, 6.45) is 0.952. The maximum absolute atomic E-state index is 13.4. The van der Waals surface area contributed by atoms with Crippen molar-refractivity contribution >= 4 is 12.1 Å². The number of rotatable bonds is 6. The first kappa shape index (κ1) is 19.7. The third kappa shape index (κ3) is 6.05. The van der Waals surface area contributed by atoms with Gasteiger partial charge >= 0.3 is 12.1 Å². The van der Waals surface area contributed by atoms with Gasteiger partial charge in [0.25, 0.3) is 0 Å². The third-order valence-corrected chi connectivity index (χ3v) is 3.90. The van der Waals surface area contributed by atoms with Crippen LogP contribution in [0.15, 0.2) is 18.2 Å². The van der Waals surface area contributed by atoms with Crippen LogP contribution in [0.5, 0.6) is 5.75 Å². The van der Waals surface area contributed by atoms with Gasteiger partial charge in [0.15, 0.2) is 11.6 Å². The van der Waals surface area contributed by atoms with Crippen LogP contribution >= 0.6 is 0 Å². The molecule has 0 atom stereocenters. The minimum absolute atomic E-state index is 0.0314. The quantitative estimate of drug-likeness (QED) is 0.752. The number of halogens is 2. The maximum atomic E-state index is 13.4. The molecule has 2 rings (SSSR count). The average molecular weight is 371 g/mol. The van der Waals surface area contributed by atoms with Crippen molar-refractivity contribution in [1.29, 1.82) is 0 Å². The molecule has 1 saturated heterocycles. The predicted octanol–water partition coefficient (Wildman–Crippen LogP) is 2.26. The molecule has 0 spiro atoms. The minimum atomic E-state index is -0.789. The zero-order chi connectivity index (χ0) is 18.9. The number of hydrogen-bond acceptors (Lipinski definition) is 4. The number of nitrogens with one attached hydrogen (secondary N) is 2. The molecule has 1 aromatic rings. The lowest BCUT2D eigenvalue weighted by Crippen LogP contribution is -2.49. The molecule has 144 valence electrons. The molecule has 1 heterocycles. The van der Waals surface area contributed by atoms with Crippen LogP contribution in [0.25, 0.3) is 0 Å². The molecule has 0 saturated carbocycles. The van der Waals surface area contributed by atoms with E-state index in [1.807, 2.05) is 0 Å². The SMILES string of the molecule is CCOC(=O)N1CCC(NC(=O)NCCOc2ccc(F)cc2F)CC1. The van der Waals surface area contributed by atoms with E-state index in [4.69, 9.17) is 9.47 Å². The van der Waals surface area contributed by atoms with Gasteiger partial charge in [-0.05, 0) is 31.9 Å². The van der Waals surface area contributed by atoms with Crippen LogP contribution in [0.1, 0.15) is 19.8 Å². The van der Waals surface area contributed by atoms with E-state index in [2.05, 4.69) is 10.6 Å². The summed E-state index contributed by atoms with van der Waals surface area (Å²) in [5, 5.41) is 5.43. The van der Waals surface area contributed by atoms with E-state index in [-0.39, 0.29) is 37.1 Å². The number of amides is 3. The molecular formula is C17H23F2N3O4. The van der Waals surface area contributed by atoms with E-state index in [1.54, 1.807) is 11.8 Å². The van der Waals surface area contributed by atoms with Gasteiger partial charge in [-0.15, -0.1) is 0 Å². The highest BCUT2D eigenvalue weighted by molar-refractivity contribution is 5.74. The first-order valence-corrected chi connectivity index (χ1v) is 8.53. The second kappa shape index (κ2) is 9.79.